The first-order valence-electron chi connectivity index (χ1n) is 6.71. The standard InChI is InChI=1S/C15H25N3O.2ClH/c1-12-7-8-14(13(10-12)11-18(3)4)17-15(19)6-5-9-16-2;;/h7-8,10,16H,5-6,9,11H2,1-4H3,(H,17,19);2*1H. The summed E-state index contributed by atoms with van der Waals surface area (Å²) in [4.78, 5) is 14.0. The summed E-state index contributed by atoms with van der Waals surface area (Å²) in [7, 11) is 5.95. The minimum absolute atomic E-state index is 0. The van der Waals surface area contributed by atoms with Crippen molar-refractivity contribution in [3.05, 3.63) is 29.3 Å². The molecule has 0 unspecified atom stereocenters. The SMILES string of the molecule is CNCCCC(=O)Nc1ccc(C)cc1CN(C)C.Cl.Cl. The van der Waals surface area contributed by atoms with Gasteiger partial charge in [-0.3, -0.25) is 4.79 Å². The molecule has 0 bridgehead atoms. The Kier molecular flexibility index (Phi) is 12.6. The molecule has 0 atom stereocenters. The number of nitrogens with zero attached hydrogens (tertiary/aromatic N) is 1. The smallest absolute Gasteiger partial charge is 0.224 e. The number of carbonyl (C=O) groups is 1. The highest BCUT2D eigenvalue weighted by Gasteiger charge is 2.08. The molecule has 1 amide bonds. The van der Waals surface area contributed by atoms with E-state index in [9.17, 15) is 4.79 Å². The van der Waals surface area contributed by atoms with Crippen LogP contribution in [0.3, 0.4) is 0 Å². The van der Waals surface area contributed by atoms with E-state index in [1.54, 1.807) is 0 Å². The molecule has 1 aromatic carbocycles. The van der Waals surface area contributed by atoms with Crippen molar-refractivity contribution in [2.45, 2.75) is 26.3 Å². The summed E-state index contributed by atoms with van der Waals surface area (Å²) in [5.74, 6) is 0.0825. The van der Waals surface area contributed by atoms with Crippen LogP contribution in [0.2, 0.25) is 0 Å². The van der Waals surface area contributed by atoms with Crippen LogP contribution in [-0.2, 0) is 11.3 Å². The van der Waals surface area contributed by atoms with Gasteiger partial charge in [-0.1, -0.05) is 17.7 Å². The molecule has 1 aromatic rings. The maximum atomic E-state index is 11.9. The van der Waals surface area contributed by atoms with Crippen molar-refractivity contribution in [2.75, 3.05) is 33.0 Å². The van der Waals surface area contributed by atoms with Gasteiger partial charge >= 0.3 is 0 Å². The minimum Gasteiger partial charge on any atom is -0.326 e. The fourth-order valence-electron chi connectivity index (χ4n) is 1.95. The topological polar surface area (TPSA) is 44.4 Å². The van der Waals surface area contributed by atoms with Gasteiger partial charge < -0.3 is 15.5 Å². The fourth-order valence-corrected chi connectivity index (χ4v) is 1.95. The molecule has 0 heterocycles. The molecule has 21 heavy (non-hydrogen) atoms. The maximum Gasteiger partial charge on any atom is 0.224 e. The lowest BCUT2D eigenvalue weighted by atomic mass is 10.1. The van der Waals surface area contributed by atoms with E-state index in [0.29, 0.717) is 6.42 Å². The number of nitrogens with one attached hydrogen (secondary N) is 2. The fraction of sp³-hybridized carbons (Fsp3) is 0.533. The van der Waals surface area contributed by atoms with Crippen molar-refractivity contribution < 1.29 is 4.79 Å². The summed E-state index contributed by atoms with van der Waals surface area (Å²) in [6.07, 6.45) is 1.41. The summed E-state index contributed by atoms with van der Waals surface area (Å²) < 4.78 is 0. The number of carbonyl (C=O) groups excluding carboxylic acids is 1. The number of hydrogen-bond acceptors (Lipinski definition) is 3. The van der Waals surface area contributed by atoms with E-state index >= 15 is 0 Å². The molecule has 0 fully saturated rings. The van der Waals surface area contributed by atoms with Gasteiger partial charge in [-0.15, -0.1) is 24.8 Å². The van der Waals surface area contributed by atoms with Gasteiger partial charge in [0.05, 0.1) is 0 Å². The van der Waals surface area contributed by atoms with Crippen molar-refractivity contribution in [1.29, 1.82) is 0 Å². The number of amides is 1. The molecule has 0 saturated carbocycles. The van der Waals surface area contributed by atoms with Crippen molar-refractivity contribution in [2.24, 2.45) is 0 Å². The quantitative estimate of drug-likeness (QED) is 0.753. The first kappa shape index (κ1) is 22.5. The van der Waals surface area contributed by atoms with E-state index in [2.05, 4.69) is 28.5 Å². The second kappa shape index (κ2) is 11.8. The second-order valence-electron chi connectivity index (χ2n) is 5.15. The summed E-state index contributed by atoms with van der Waals surface area (Å²) in [5.41, 5.74) is 3.30. The predicted octanol–water partition coefficient (Wildman–Crippen LogP) is 2.84. The highest BCUT2D eigenvalue weighted by Crippen LogP contribution is 2.19. The van der Waals surface area contributed by atoms with Crippen LogP contribution in [0.4, 0.5) is 5.69 Å². The largest absolute Gasteiger partial charge is 0.326 e. The molecule has 1 rings (SSSR count). The first-order valence-corrected chi connectivity index (χ1v) is 6.71. The van der Waals surface area contributed by atoms with Crippen molar-refractivity contribution in [1.82, 2.24) is 10.2 Å². The third kappa shape index (κ3) is 8.94. The zero-order chi connectivity index (χ0) is 14.3. The van der Waals surface area contributed by atoms with Gasteiger partial charge in [0.15, 0.2) is 0 Å². The van der Waals surface area contributed by atoms with Crippen LogP contribution < -0.4 is 10.6 Å². The van der Waals surface area contributed by atoms with Crippen LogP contribution in [0, 0.1) is 6.92 Å². The van der Waals surface area contributed by atoms with Crippen molar-refractivity contribution in [3.8, 4) is 0 Å². The van der Waals surface area contributed by atoms with Crippen LogP contribution in [0.15, 0.2) is 18.2 Å². The Balaban J connectivity index is 0. The van der Waals surface area contributed by atoms with Gasteiger partial charge in [-0.05, 0) is 52.7 Å². The van der Waals surface area contributed by atoms with E-state index in [4.69, 9.17) is 0 Å². The Morgan fingerprint density at radius 3 is 2.48 bits per heavy atom. The van der Waals surface area contributed by atoms with Crippen molar-refractivity contribution in [3.63, 3.8) is 0 Å². The molecule has 0 aliphatic rings. The summed E-state index contributed by atoms with van der Waals surface area (Å²) >= 11 is 0. The van der Waals surface area contributed by atoms with Crippen LogP contribution in [0.25, 0.3) is 0 Å². The number of halogens is 2. The van der Waals surface area contributed by atoms with Gasteiger partial charge in [-0.2, -0.15) is 0 Å². The third-order valence-electron chi connectivity index (χ3n) is 2.85. The molecular formula is C15H27Cl2N3O. The molecule has 6 heteroatoms. The monoisotopic (exact) mass is 335 g/mol. The Hall–Kier alpha value is -0.810. The summed E-state index contributed by atoms with van der Waals surface area (Å²) in [6.45, 7) is 3.76. The lowest BCUT2D eigenvalue weighted by Crippen LogP contribution is -2.18. The number of hydrogen-bond donors (Lipinski definition) is 2. The summed E-state index contributed by atoms with van der Waals surface area (Å²) in [5, 5.41) is 6.05. The van der Waals surface area contributed by atoms with Crippen molar-refractivity contribution >= 4 is 36.4 Å². The summed E-state index contributed by atoms with van der Waals surface area (Å²) in [6, 6.07) is 6.15. The van der Waals surface area contributed by atoms with Gasteiger partial charge in [0, 0.05) is 18.7 Å². The third-order valence-corrected chi connectivity index (χ3v) is 2.85. The average molecular weight is 336 g/mol. The highest BCUT2D eigenvalue weighted by atomic mass is 35.5. The zero-order valence-corrected chi connectivity index (χ0v) is 14.9. The Morgan fingerprint density at radius 2 is 1.90 bits per heavy atom. The van der Waals surface area contributed by atoms with Gasteiger partial charge in [-0.25, -0.2) is 0 Å². The maximum absolute atomic E-state index is 11.9. The average Bonchev–Trinajstić information content (AvgIpc) is 2.32. The van der Waals surface area contributed by atoms with Gasteiger partial charge in [0.25, 0.3) is 0 Å². The Bertz CT molecular complexity index is 425. The van der Waals surface area contributed by atoms with Crippen LogP contribution in [0.5, 0.6) is 0 Å². The molecule has 4 nitrogen and oxygen atoms in total. The van der Waals surface area contributed by atoms with E-state index in [1.807, 2.05) is 33.3 Å². The molecule has 0 spiro atoms. The van der Waals surface area contributed by atoms with E-state index in [0.717, 1.165) is 30.8 Å². The lowest BCUT2D eigenvalue weighted by molar-refractivity contribution is -0.116. The number of aryl methyl sites for hydroxylation is 1. The molecule has 0 aliphatic carbocycles. The van der Waals surface area contributed by atoms with Crippen LogP contribution in [0.1, 0.15) is 24.0 Å². The zero-order valence-electron chi connectivity index (χ0n) is 13.2. The first-order chi connectivity index (χ1) is 9.02. The molecule has 0 aliphatic heterocycles. The number of rotatable bonds is 7. The van der Waals surface area contributed by atoms with Crippen LogP contribution >= 0.6 is 24.8 Å². The number of anilines is 1. The number of benzene rings is 1. The minimum atomic E-state index is 0. The second-order valence-corrected chi connectivity index (χ2v) is 5.15. The molecule has 0 saturated heterocycles. The van der Waals surface area contributed by atoms with Gasteiger partial charge in [0.1, 0.15) is 0 Å². The van der Waals surface area contributed by atoms with Crippen LogP contribution in [-0.4, -0.2) is 38.5 Å². The molecule has 0 radical (unpaired) electrons. The highest BCUT2D eigenvalue weighted by molar-refractivity contribution is 5.91. The lowest BCUT2D eigenvalue weighted by Gasteiger charge is -2.15. The van der Waals surface area contributed by atoms with E-state index in [1.165, 1.54) is 5.56 Å². The van der Waals surface area contributed by atoms with E-state index < -0.39 is 0 Å². The molecular weight excluding hydrogens is 309 g/mol. The van der Waals surface area contributed by atoms with Gasteiger partial charge in [0.2, 0.25) is 5.91 Å². The Morgan fingerprint density at radius 1 is 1.24 bits per heavy atom. The Labute approximate surface area is 140 Å². The van der Waals surface area contributed by atoms with E-state index in [-0.39, 0.29) is 30.7 Å². The molecule has 0 aromatic heterocycles. The normalized spacial score (nSPS) is 9.76. The molecule has 2 N–H and O–H groups in total. The predicted molar refractivity (Wildman–Crippen MR) is 94.9 cm³/mol. The molecule has 122 valence electrons.